The van der Waals surface area contributed by atoms with Gasteiger partial charge in [0.05, 0.1) is 18.8 Å². The molecule has 0 aliphatic carbocycles. The molecule has 0 heterocycles. The Hall–Kier alpha value is -3.75. The van der Waals surface area contributed by atoms with E-state index in [1.54, 1.807) is 54.6 Å². The van der Waals surface area contributed by atoms with Crippen molar-refractivity contribution < 1.29 is 14.3 Å². The third kappa shape index (κ3) is 5.19. The Balaban J connectivity index is 1.87. The fraction of sp³-hybridized carbons (Fsp3) is 0.0833. The molecule has 0 radical (unpaired) electrons. The van der Waals surface area contributed by atoms with E-state index in [2.05, 4.69) is 11.4 Å². The molecule has 0 aliphatic heterocycles. The number of methoxy groups -OCH3 is 1. The maximum Gasteiger partial charge on any atom is 0.262 e. The molecule has 0 saturated heterocycles. The van der Waals surface area contributed by atoms with E-state index >= 15 is 0 Å². The summed E-state index contributed by atoms with van der Waals surface area (Å²) in [7, 11) is 1.51. The van der Waals surface area contributed by atoms with E-state index in [1.807, 2.05) is 24.3 Å². The maximum absolute atomic E-state index is 12.3. The number of carbonyl (C=O) groups excluding carboxylic acids is 1. The van der Waals surface area contributed by atoms with Crippen LogP contribution in [-0.4, -0.2) is 19.6 Å². The summed E-state index contributed by atoms with van der Waals surface area (Å²) in [5.41, 5.74) is 2.25. The second kappa shape index (κ2) is 10.1. The molecule has 0 aliphatic rings. The van der Waals surface area contributed by atoms with Gasteiger partial charge in [-0.15, -0.1) is 0 Å². The van der Waals surface area contributed by atoms with Gasteiger partial charge in [0.25, 0.3) is 5.91 Å². The summed E-state index contributed by atoms with van der Waals surface area (Å²) < 4.78 is 11.2. The highest BCUT2D eigenvalue weighted by Gasteiger charge is 2.14. The predicted molar refractivity (Wildman–Crippen MR) is 118 cm³/mol. The van der Waals surface area contributed by atoms with Gasteiger partial charge in [-0.1, -0.05) is 60.1 Å². The summed E-state index contributed by atoms with van der Waals surface area (Å²) >= 11 is 6.24. The number of para-hydroxylation sites is 2. The van der Waals surface area contributed by atoms with Crippen LogP contribution in [0.4, 0.5) is 5.69 Å². The lowest BCUT2D eigenvalue weighted by Crippen LogP contribution is -2.20. The average molecular weight is 419 g/mol. The first-order valence-electron chi connectivity index (χ1n) is 9.13. The smallest absolute Gasteiger partial charge is 0.262 e. The topological polar surface area (TPSA) is 71.3 Å². The monoisotopic (exact) mass is 418 g/mol. The molecule has 5 nitrogen and oxygen atoms in total. The van der Waals surface area contributed by atoms with Crippen molar-refractivity contribution in [3.8, 4) is 17.6 Å². The van der Waals surface area contributed by atoms with E-state index in [0.29, 0.717) is 38.9 Å². The Morgan fingerprint density at radius 1 is 1.07 bits per heavy atom. The van der Waals surface area contributed by atoms with E-state index < -0.39 is 0 Å². The number of nitriles is 1. The second-order valence-electron chi connectivity index (χ2n) is 6.23. The number of ether oxygens (including phenoxy) is 2. The molecule has 0 aromatic heterocycles. The van der Waals surface area contributed by atoms with Crippen LogP contribution in [0.5, 0.6) is 11.5 Å². The van der Waals surface area contributed by atoms with Crippen molar-refractivity contribution in [2.24, 2.45) is 0 Å². The second-order valence-corrected chi connectivity index (χ2v) is 6.64. The Morgan fingerprint density at radius 2 is 1.80 bits per heavy atom. The number of amides is 1. The van der Waals surface area contributed by atoms with Gasteiger partial charge in [-0.2, -0.15) is 5.26 Å². The molecule has 0 unspecified atom stereocenters. The molecule has 0 fully saturated rings. The van der Waals surface area contributed by atoms with Crippen molar-refractivity contribution in [3.05, 3.63) is 88.9 Å². The van der Waals surface area contributed by atoms with Crippen LogP contribution < -0.4 is 14.8 Å². The fourth-order valence-electron chi connectivity index (χ4n) is 2.82. The van der Waals surface area contributed by atoms with E-state index in [1.165, 1.54) is 7.11 Å². The molecular formula is C24H19ClN2O3. The Labute approximate surface area is 180 Å². The van der Waals surface area contributed by atoms with Gasteiger partial charge in [-0.25, -0.2) is 0 Å². The molecule has 1 amide bonds. The van der Waals surface area contributed by atoms with Crippen molar-refractivity contribution >= 4 is 34.8 Å². The number of hydrogen-bond acceptors (Lipinski definition) is 4. The van der Waals surface area contributed by atoms with E-state index in [4.69, 9.17) is 21.1 Å². The molecule has 0 spiro atoms. The zero-order valence-electron chi connectivity index (χ0n) is 16.3. The summed E-state index contributed by atoms with van der Waals surface area (Å²) in [4.78, 5) is 12.3. The Bertz CT molecular complexity index is 1100. The van der Waals surface area contributed by atoms with Crippen LogP contribution in [0.25, 0.3) is 11.6 Å². The molecule has 3 rings (SSSR count). The summed E-state index contributed by atoms with van der Waals surface area (Å²) in [6, 6.07) is 23.7. The highest BCUT2D eigenvalue weighted by Crippen LogP contribution is 2.34. The number of hydrogen-bond donors (Lipinski definition) is 1. The van der Waals surface area contributed by atoms with Gasteiger partial charge in [-0.3, -0.25) is 4.79 Å². The highest BCUT2D eigenvalue weighted by atomic mass is 35.5. The quantitative estimate of drug-likeness (QED) is 0.410. The van der Waals surface area contributed by atoms with Gasteiger partial charge in [0.2, 0.25) is 0 Å². The number of rotatable bonds is 7. The summed E-state index contributed by atoms with van der Waals surface area (Å²) in [6.07, 6.45) is 1.66. The van der Waals surface area contributed by atoms with Crippen LogP contribution in [0, 0.1) is 11.3 Å². The van der Waals surface area contributed by atoms with Crippen LogP contribution in [-0.2, 0) is 4.79 Å². The number of allylic oxidation sites excluding steroid dienone is 1. The van der Waals surface area contributed by atoms with E-state index in [-0.39, 0.29) is 12.5 Å². The van der Waals surface area contributed by atoms with Crippen LogP contribution in [0.15, 0.2) is 72.8 Å². The van der Waals surface area contributed by atoms with Crippen molar-refractivity contribution in [2.45, 2.75) is 0 Å². The molecule has 3 aromatic carbocycles. The maximum atomic E-state index is 12.3. The molecule has 0 atom stereocenters. The highest BCUT2D eigenvalue weighted by molar-refractivity contribution is 6.32. The molecule has 30 heavy (non-hydrogen) atoms. The molecule has 0 saturated carbocycles. The van der Waals surface area contributed by atoms with Crippen molar-refractivity contribution in [2.75, 3.05) is 19.0 Å². The number of nitrogens with one attached hydrogen (secondary N) is 1. The average Bonchev–Trinajstić information content (AvgIpc) is 2.77. The number of halogens is 1. The lowest BCUT2D eigenvalue weighted by Gasteiger charge is -2.14. The van der Waals surface area contributed by atoms with Gasteiger partial charge >= 0.3 is 0 Å². The van der Waals surface area contributed by atoms with Crippen molar-refractivity contribution in [1.82, 2.24) is 0 Å². The first-order valence-corrected chi connectivity index (χ1v) is 9.51. The number of benzene rings is 3. The fourth-order valence-corrected chi connectivity index (χ4v) is 3.06. The predicted octanol–water partition coefficient (Wildman–Crippen LogP) is 5.43. The van der Waals surface area contributed by atoms with Crippen LogP contribution >= 0.6 is 11.6 Å². The molecular weight excluding hydrogens is 400 g/mol. The van der Waals surface area contributed by atoms with Gasteiger partial charge in [0, 0.05) is 21.8 Å². The van der Waals surface area contributed by atoms with E-state index in [9.17, 15) is 10.1 Å². The minimum Gasteiger partial charge on any atom is -0.493 e. The molecule has 1 N–H and O–H groups in total. The van der Waals surface area contributed by atoms with Gasteiger partial charge in [0.1, 0.15) is 0 Å². The molecule has 150 valence electrons. The summed E-state index contributed by atoms with van der Waals surface area (Å²) in [6.45, 7) is -0.218. The van der Waals surface area contributed by atoms with Gasteiger partial charge in [0.15, 0.2) is 18.1 Å². The Morgan fingerprint density at radius 3 is 2.50 bits per heavy atom. The minimum absolute atomic E-state index is 0.218. The zero-order valence-corrected chi connectivity index (χ0v) is 17.0. The van der Waals surface area contributed by atoms with Crippen molar-refractivity contribution in [3.63, 3.8) is 0 Å². The first-order chi connectivity index (χ1) is 14.6. The standard InChI is InChI=1S/C24H19ClN2O3/c1-29-22-13-7-8-17(14-18(15-26)20-11-5-6-12-21(20)25)24(22)30-16-23(28)27-19-9-3-2-4-10-19/h2-14H,16H2,1H3,(H,27,28). The first kappa shape index (κ1) is 21.0. The minimum atomic E-state index is -0.311. The van der Waals surface area contributed by atoms with Crippen LogP contribution in [0.3, 0.4) is 0 Å². The largest absolute Gasteiger partial charge is 0.493 e. The lowest BCUT2D eigenvalue weighted by atomic mass is 10.0. The Kier molecular flexibility index (Phi) is 7.09. The molecule has 6 heteroatoms. The SMILES string of the molecule is COc1cccc(C=C(C#N)c2ccccc2Cl)c1OCC(=O)Nc1ccccc1. The third-order valence-corrected chi connectivity index (χ3v) is 4.55. The van der Waals surface area contributed by atoms with Crippen molar-refractivity contribution in [1.29, 1.82) is 5.26 Å². The van der Waals surface area contributed by atoms with Crippen LogP contribution in [0.2, 0.25) is 5.02 Å². The van der Waals surface area contributed by atoms with Gasteiger partial charge < -0.3 is 14.8 Å². The molecule has 3 aromatic rings. The van der Waals surface area contributed by atoms with Crippen LogP contribution in [0.1, 0.15) is 11.1 Å². The number of nitrogens with zero attached hydrogens (tertiary/aromatic N) is 1. The zero-order chi connectivity index (χ0) is 21.3. The summed E-state index contributed by atoms with van der Waals surface area (Å²) in [5, 5.41) is 12.9. The third-order valence-electron chi connectivity index (χ3n) is 4.22. The van der Waals surface area contributed by atoms with Gasteiger partial charge in [-0.05, 0) is 30.3 Å². The van der Waals surface area contributed by atoms with E-state index in [0.717, 1.165) is 0 Å². The summed E-state index contributed by atoms with van der Waals surface area (Å²) in [5.74, 6) is 0.504. The normalized spacial score (nSPS) is 10.8. The molecule has 0 bridgehead atoms. The number of anilines is 1. The number of carbonyl (C=O) groups is 1. The lowest BCUT2D eigenvalue weighted by molar-refractivity contribution is -0.118.